The molecule has 3 rings (SSSR count). The molecule has 2 N–H and O–H groups in total. The highest BCUT2D eigenvalue weighted by atomic mass is 16.6. The van der Waals surface area contributed by atoms with E-state index in [4.69, 9.17) is 4.74 Å². The van der Waals surface area contributed by atoms with E-state index in [2.05, 4.69) is 20.2 Å². The van der Waals surface area contributed by atoms with Crippen molar-refractivity contribution in [3.05, 3.63) is 36.7 Å². The lowest BCUT2D eigenvalue weighted by atomic mass is 10.1. The summed E-state index contributed by atoms with van der Waals surface area (Å²) < 4.78 is 5.12. The van der Waals surface area contributed by atoms with Crippen LogP contribution in [0.5, 0.6) is 5.75 Å². The molecule has 1 aliphatic rings. The number of anilines is 1. The molecule has 1 saturated heterocycles. The summed E-state index contributed by atoms with van der Waals surface area (Å²) in [6.07, 6.45) is 3.60. The van der Waals surface area contributed by atoms with Crippen LogP contribution in [0.1, 0.15) is 23.1 Å². The summed E-state index contributed by atoms with van der Waals surface area (Å²) in [6, 6.07) is 7.06. The fourth-order valence-electron chi connectivity index (χ4n) is 2.83. The average Bonchev–Trinajstić information content (AvgIpc) is 3.03. The normalized spacial score (nSPS) is 16.9. The first-order chi connectivity index (χ1) is 12.0. The van der Waals surface area contributed by atoms with Crippen molar-refractivity contribution in [2.45, 2.75) is 32.4 Å². The number of phenolic OH excluding ortho intramolecular Hbond substituents is 1. The first kappa shape index (κ1) is 17.0. The standard InChI is InChI=1S/C18H22N4O3.2H2/c1-12(2)25-18(24)20-13-7-8-22(11-13)17-10-19-9-15(21-17)14-5-3-4-6-16(14)23;;/h3-6,9-10,12-13,23H,7-8,11H2,1-2H3,(H,20,24);2*1H/t13-;;/m1../s1. The van der Waals surface area contributed by atoms with Crippen molar-refractivity contribution >= 4 is 11.9 Å². The minimum atomic E-state index is -0.393. The molecule has 0 saturated carbocycles. The first-order valence-corrected chi connectivity index (χ1v) is 8.35. The molecule has 25 heavy (non-hydrogen) atoms. The summed E-state index contributed by atoms with van der Waals surface area (Å²) in [5, 5.41) is 12.9. The number of alkyl carbamates (subject to hydrolysis) is 1. The van der Waals surface area contributed by atoms with Gasteiger partial charge in [-0.25, -0.2) is 9.78 Å². The number of carbonyl (C=O) groups excluding carboxylic acids is 1. The molecule has 7 heteroatoms. The highest BCUT2D eigenvalue weighted by molar-refractivity contribution is 5.68. The number of nitrogens with zero attached hydrogens (tertiary/aromatic N) is 3. The number of aromatic hydroxyl groups is 1. The van der Waals surface area contributed by atoms with Gasteiger partial charge in [0, 0.05) is 21.5 Å². The summed E-state index contributed by atoms with van der Waals surface area (Å²) in [6.45, 7) is 5.05. The molecule has 2 aromatic rings. The van der Waals surface area contributed by atoms with Crippen molar-refractivity contribution < 1.29 is 17.5 Å². The third-order valence-corrected chi connectivity index (χ3v) is 3.98. The van der Waals surface area contributed by atoms with Crippen molar-refractivity contribution in [2.75, 3.05) is 18.0 Å². The second-order valence-corrected chi connectivity index (χ2v) is 6.31. The van der Waals surface area contributed by atoms with Crippen molar-refractivity contribution in [1.82, 2.24) is 15.3 Å². The minimum Gasteiger partial charge on any atom is -0.507 e. The van der Waals surface area contributed by atoms with Gasteiger partial charge in [0.25, 0.3) is 0 Å². The molecule has 0 spiro atoms. The lowest BCUT2D eigenvalue weighted by Gasteiger charge is -2.18. The van der Waals surface area contributed by atoms with Crippen LogP contribution in [0.2, 0.25) is 0 Å². The zero-order chi connectivity index (χ0) is 17.8. The maximum atomic E-state index is 11.7. The van der Waals surface area contributed by atoms with E-state index in [-0.39, 0.29) is 20.7 Å². The van der Waals surface area contributed by atoms with Crippen LogP contribution in [0.25, 0.3) is 11.3 Å². The van der Waals surface area contributed by atoms with Crippen LogP contribution < -0.4 is 10.2 Å². The van der Waals surface area contributed by atoms with Gasteiger partial charge in [-0.15, -0.1) is 0 Å². The number of carbonyl (C=O) groups is 1. The fraction of sp³-hybridized carbons (Fsp3) is 0.389. The van der Waals surface area contributed by atoms with Gasteiger partial charge in [0.15, 0.2) is 0 Å². The Labute approximate surface area is 149 Å². The Morgan fingerprint density at radius 2 is 2.20 bits per heavy atom. The van der Waals surface area contributed by atoms with E-state index >= 15 is 0 Å². The zero-order valence-corrected chi connectivity index (χ0v) is 14.3. The van der Waals surface area contributed by atoms with Crippen molar-refractivity contribution in [3.63, 3.8) is 0 Å². The van der Waals surface area contributed by atoms with Crippen LogP contribution in [-0.4, -0.2) is 46.4 Å². The van der Waals surface area contributed by atoms with Crippen LogP contribution >= 0.6 is 0 Å². The molecule has 1 amide bonds. The predicted molar refractivity (Wildman–Crippen MR) is 98.7 cm³/mol. The van der Waals surface area contributed by atoms with Crippen LogP contribution in [0, 0.1) is 0 Å². The maximum absolute atomic E-state index is 11.7. The number of phenols is 1. The second-order valence-electron chi connectivity index (χ2n) is 6.31. The third kappa shape index (κ3) is 4.17. The van der Waals surface area contributed by atoms with Gasteiger partial charge in [-0.2, -0.15) is 0 Å². The van der Waals surface area contributed by atoms with Gasteiger partial charge < -0.3 is 20.1 Å². The van der Waals surface area contributed by atoms with Crippen LogP contribution in [0.4, 0.5) is 10.6 Å². The minimum absolute atomic E-state index is 0. The van der Waals surface area contributed by atoms with Gasteiger partial charge in [-0.1, -0.05) is 12.1 Å². The van der Waals surface area contributed by atoms with E-state index in [0.717, 1.165) is 18.8 Å². The molecule has 1 aliphatic heterocycles. The predicted octanol–water partition coefficient (Wildman–Crippen LogP) is 3.05. The Morgan fingerprint density at radius 1 is 1.40 bits per heavy atom. The van der Waals surface area contributed by atoms with Gasteiger partial charge >= 0.3 is 6.09 Å². The molecular formula is C18H26N4O3. The zero-order valence-electron chi connectivity index (χ0n) is 14.3. The van der Waals surface area contributed by atoms with Crippen LogP contribution in [0.3, 0.4) is 0 Å². The molecule has 0 radical (unpaired) electrons. The molecule has 136 valence electrons. The Balaban J connectivity index is 0.00000182. The first-order valence-electron chi connectivity index (χ1n) is 8.35. The molecular weight excluding hydrogens is 320 g/mol. The smallest absolute Gasteiger partial charge is 0.407 e. The second kappa shape index (κ2) is 7.38. The monoisotopic (exact) mass is 346 g/mol. The lowest BCUT2D eigenvalue weighted by molar-refractivity contribution is 0.113. The number of hydrogen-bond acceptors (Lipinski definition) is 6. The van der Waals surface area contributed by atoms with Crippen molar-refractivity contribution in [2.24, 2.45) is 0 Å². The highest BCUT2D eigenvalue weighted by Gasteiger charge is 2.26. The van der Waals surface area contributed by atoms with E-state index < -0.39 is 6.09 Å². The SMILES string of the molecule is CC(C)OC(=O)N[C@@H]1CCN(c2cncc(-c3ccccc3O)n2)C1.[HH].[HH]. The maximum Gasteiger partial charge on any atom is 0.407 e. The Bertz CT molecular complexity index is 761. The summed E-state index contributed by atoms with van der Waals surface area (Å²) in [4.78, 5) is 22.6. The number of hydrogen-bond donors (Lipinski definition) is 2. The Hall–Kier alpha value is -2.83. The molecule has 1 atom stereocenters. The summed E-state index contributed by atoms with van der Waals surface area (Å²) in [5.41, 5.74) is 1.26. The van der Waals surface area contributed by atoms with Gasteiger partial charge in [-0.05, 0) is 32.4 Å². The number of nitrogens with one attached hydrogen (secondary N) is 1. The van der Waals surface area contributed by atoms with E-state index in [9.17, 15) is 9.90 Å². The van der Waals surface area contributed by atoms with Crippen molar-refractivity contribution in [3.8, 4) is 17.0 Å². The number of amides is 1. The van der Waals surface area contributed by atoms with E-state index in [1.807, 2.05) is 19.9 Å². The van der Waals surface area contributed by atoms with Gasteiger partial charge in [0.2, 0.25) is 0 Å². The van der Waals surface area contributed by atoms with Crippen LogP contribution in [0.15, 0.2) is 36.7 Å². The number of aromatic nitrogens is 2. The lowest BCUT2D eigenvalue weighted by Crippen LogP contribution is -2.38. The van der Waals surface area contributed by atoms with Gasteiger partial charge in [-0.3, -0.25) is 4.98 Å². The largest absolute Gasteiger partial charge is 0.507 e. The number of ether oxygens (including phenoxy) is 1. The fourth-order valence-corrected chi connectivity index (χ4v) is 2.83. The summed E-state index contributed by atoms with van der Waals surface area (Å²) >= 11 is 0. The molecule has 1 aromatic heterocycles. The number of para-hydroxylation sites is 1. The van der Waals surface area contributed by atoms with E-state index in [0.29, 0.717) is 17.8 Å². The Morgan fingerprint density at radius 3 is 2.96 bits per heavy atom. The topological polar surface area (TPSA) is 87.6 Å². The Kier molecular flexibility index (Phi) is 5.02. The van der Waals surface area contributed by atoms with Gasteiger partial charge in [0.1, 0.15) is 11.6 Å². The van der Waals surface area contributed by atoms with E-state index in [1.54, 1.807) is 30.6 Å². The molecule has 1 fully saturated rings. The molecule has 0 unspecified atom stereocenters. The number of rotatable bonds is 4. The molecule has 0 bridgehead atoms. The summed E-state index contributed by atoms with van der Waals surface area (Å²) in [5.74, 6) is 0.897. The molecule has 1 aromatic carbocycles. The quantitative estimate of drug-likeness (QED) is 0.885. The third-order valence-electron chi connectivity index (χ3n) is 3.98. The molecule has 0 aliphatic carbocycles. The van der Waals surface area contributed by atoms with Gasteiger partial charge in [0.05, 0.1) is 30.2 Å². The number of benzene rings is 1. The summed E-state index contributed by atoms with van der Waals surface area (Å²) in [7, 11) is 0. The van der Waals surface area contributed by atoms with E-state index in [1.165, 1.54) is 0 Å². The van der Waals surface area contributed by atoms with Crippen molar-refractivity contribution in [1.29, 1.82) is 0 Å². The molecule has 7 nitrogen and oxygen atoms in total. The molecule has 2 heterocycles. The highest BCUT2D eigenvalue weighted by Crippen LogP contribution is 2.28. The van der Waals surface area contributed by atoms with Crippen LogP contribution in [-0.2, 0) is 4.74 Å². The average molecular weight is 346 g/mol.